The van der Waals surface area contributed by atoms with E-state index >= 15 is 0 Å². The molecule has 1 aromatic carbocycles. The highest BCUT2D eigenvalue weighted by Gasteiger charge is 2.10. The van der Waals surface area contributed by atoms with Crippen LogP contribution in [-0.4, -0.2) is 26.1 Å². The number of carboxylic acid groups (broad SMARTS) is 1. The van der Waals surface area contributed by atoms with Gasteiger partial charge in [0.1, 0.15) is 0 Å². The van der Waals surface area contributed by atoms with Crippen molar-refractivity contribution in [1.29, 1.82) is 0 Å². The molecule has 5 nitrogen and oxygen atoms in total. The molecule has 0 aliphatic heterocycles. The largest absolute Gasteiger partial charge is 0.476 e. The van der Waals surface area contributed by atoms with Crippen LogP contribution in [0.5, 0.6) is 0 Å². The molecule has 16 heavy (non-hydrogen) atoms. The van der Waals surface area contributed by atoms with Crippen LogP contribution in [0.15, 0.2) is 28.9 Å². The maximum atomic E-state index is 10.7. The summed E-state index contributed by atoms with van der Waals surface area (Å²) in [6.07, 6.45) is 1.37. The first kappa shape index (κ1) is 10.8. The minimum Gasteiger partial charge on any atom is -0.476 e. The van der Waals surface area contributed by atoms with E-state index in [9.17, 15) is 4.79 Å². The highest BCUT2D eigenvalue weighted by molar-refractivity contribution is 9.10. The molecule has 0 aliphatic carbocycles. The van der Waals surface area contributed by atoms with Gasteiger partial charge in [0.15, 0.2) is 5.69 Å². The fraction of sp³-hybridized carbons (Fsp3) is 0.100. The molecule has 0 amide bonds. The lowest BCUT2D eigenvalue weighted by molar-refractivity contribution is 0.0690. The molecule has 0 saturated heterocycles. The van der Waals surface area contributed by atoms with Crippen LogP contribution in [0.4, 0.5) is 0 Å². The smallest absolute Gasteiger partial charge is 0.358 e. The summed E-state index contributed by atoms with van der Waals surface area (Å²) in [6, 6.07) is 5.69. The Labute approximate surface area is 99.8 Å². The lowest BCUT2D eigenvalue weighted by Gasteiger charge is -2.03. The minimum absolute atomic E-state index is 0.0764. The molecule has 0 unspecified atom stereocenters. The quantitative estimate of drug-likeness (QED) is 0.915. The van der Waals surface area contributed by atoms with Crippen molar-refractivity contribution in [1.82, 2.24) is 15.0 Å². The van der Waals surface area contributed by atoms with Gasteiger partial charge in [-0.05, 0) is 40.5 Å². The first-order valence-electron chi connectivity index (χ1n) is 4.50. The van der Waals surface area contributed by atoms with Crippen molar-refractivity contribution in [3.63, 3.8) is 0 Å². The van der Waals surface area contributed by atoms with E-state index in [1.165, 1.54) is 10.9 Å². The third-order valence-corrected chi connectivity index (χ3v) is 2.70. The van der Waals surface area contributed by atoms with Crippen molar-refractivity contribution in [2.45, 2.75) is 6.92 Å². The molecule has 0 saturated carbocycles. The molecule has 82 valence electrons. The number of hydrogen-bond acceptors (Lipinski definition) is 3. The topological polar surface area (TPSA) is 68.0 Å². The maximum Gasteiger partial charge on any atom is 0.358 e. The van der Waals surface area contributed by atoms with Crippen LogP contribution in [0.1, 0.15) is 16.1 Å². The van der Waals surface area contributed by atoms with E-state index < -0.39 is 5.97 Å². The van der Waals surface area contributed by atoms with Crippen LogP contribution >= 0.6 is 15.9 Å². The summed E-state index contributed by atoms with van der Waals surface area (Å²) in [4.78, 5) is 10.7. The van der Waals surface area contributed by atoms with Crippen LogP contribution in [0.2, 0.25) is 0 Å². The molecule has 2 aromatic rings. The van der Waals surface area contributed by atoms with E-state index in [0.717, 1.165) is 15.7 Å². The second-order valence-electron chi connectivity index (χ2n) is 3.31. The number of carboxylic acids is 1. The number of aromatic nitrogens is 3. The lowest BCUT2D eigenvalue weighted by Crippen LogP contribution is -1.97. The van der Waals surface area contributed by atoms with E-state index in [2.05, 4.69) is 26.2 Å². The Hall–Kier alpha value is -1.69. The van der Waals surface area contributed by atoms with Gasteiger partial charge in [0, 0.05) is 4.47 Å². The molecule has 2 rings (SSSR count). The SMILES string of the molecule is Cc1ccc(-n2cc(C(=O)O)nn2)c(Br)c1. The number of aromatic carboxylic acids is 1. The van der Waals surface area contributed by atoms with Gasteiger partial charge in [-0.1, -0.05) is 11.3 Å². The van der Waals surface area contributed by atoms with E-state index in [1.807, 2.05) is 25.1 Å². The second kappa shape index (κ2) is 4.05. The number of aryl methyl sites for hydroxylation is 1. The first-order chi connectivity index (χ1) is 7.58. The summed E-state index contributed by atoms with van der Waals surface area (Å²) < 4.78 is 2.27. The zero-order valence-corrected chi connectivity index (χ0v) is 9.97. The fourth-order valence-corrected chi connectivity index (χ4v) is 1.95. The number of nitrogens with zero attached hydrogens (tertiary/aromatic N) is 3. The molecule has 0 bridgehead atoms. The van der Waals surface area contributed by atoms with E-state index in [1.54, 1.807) is 0 Å². The number of hydrogen-bond donors (Lipinski definition) is 1. The highest BCUT2D eigenvalue weighted by Crippen LogP contribution is 2.21. The third kappa shape index (κ3) is 1.96. The van der Waals surface area contributed by atoms with Crippen molar-refractivity contribution in [3.05, 3.63) is 40.1 Å². The van der Waals surface area contributed by atoms with Crippen molar-refractivity contribution in [2.24, 2.45) is 0 Å². The molecule has 1 N–H and O–H groups in total. The molecule has 1 aromatic heterocycles. The van der Waals surface area contributed by atoms with Gasteiger partial charge in [-0.3, -0.25) is 0 Å². The predicted octanol–water partition coefficient (Wildman–Crippen LogP) is 2.04. The summed E-state index contributed by atoms with van der Waals surface area (Å²) >= 11 is 3.39. The Morgan fingerprint density at radius 3 is 2.81 bits per heavy atom. The van der Waals surface area contributed by atoms with Crippen LogP contribution in [0, 0.1) is 6.92 Å². The molecule has 0 radical (unpaired) electrons. The molecule has 0 aliphatic rings. The summed E-state index contributed by atoms with van der Waals surface area (Å²) in [5.41, 5.74) is 1.78. The van der Waals surface area contributed by atoms with Gasteiger partial charge in [0.25, 0.3) is 0 Å². The van der Waals surface area contributed by atoms with Crippen molar-refractivity contribution < 1.29 is 9.90 Å². The van der Waals surface area contributed by atoms with Crippen LogP contribution in [0.3, 0.4) is 0 Å². The van der Waals surface area contributed by atoms with Crippen LogP contribution < -0.4 is 0 Å². The highest BCUT2D eigenvalue weighted by atomic mass is 79.9. The zero-order chi connectivity index (χ0) is 11.7. The molecule has 0 spiro atoms. The number of benzene rings is 1. The Bertz CT molecular complexity index is 551. The van der Waals surface area contributed by atoms with Crippen molar-refractivity contribution in [3.8, 4) is 5.69 Å². The lowest BCUT2D eigenvalue weighted by atomic mass is 10.2. The number of halogens is 1. The predicted molar refractivity (Wildman–Crippen MR) is 60.8 cm³/mol. The third-order valence-electron chi connectivity index (χ3n) is 2.06. The average molecular weight is 282 g/mol. The summed E-state index contributed by atoms with van der Waals surface area (Å²) in [5.74, 6) is -1.09. The van der Waals surface area contributed by atoms with Crippen LogP contribution in [-0.2, 0) is 0 Å². The van der Waals surface area contributed by atoms with Gasteiger partial charge in [-0.2, -0.15) is 0 Å². The van der Waals surface area contributed by atoms with E-state index in [4.69, 9.17) is 5.11 Å². The van der Waals surface area contributed by atoms with E-state index in [-0.39, 0.29) is 5.69 Å². The summed E-state index contributed by atoms with van der Waals surface area (Å²) in [5, 5.41) is 16.0. The molecule has 6 heteroatoms. The van der Waals surface area contributed by atoms with Crippen molar-refractivity contribution in [2.75, 3.05) is 0 Å². The minimum atomic E-state index is -1.09. The summed E-state index contributed by atoms with van der Waals surface area (Å²) in [6.45, 7) is 1.97. The Morgan fingerprint density at radius 2 is 2.25 bits per heavy atom. The van der Waals surface area contributed by atoms with Gasteiger partial charge < -0.3 is 5.11 Å². The average Bonchev–Trinajstić information content (AvgIpc) is 2.66. The zero-order valence-electron chi connectivity index (χ0n) is 8.38. The van der Waals surface area contributed by atoms with E-state index in [0.29, 0.717) is 0 Å². The van der Waals surface area contributed by atoms with Gasteiger partial charge >= 0.3 is 5.97 Å². The standard InChI is InChI=1S/C10H8BrN3O2/c1-6-2-3-9(7(11)4-6)14-5-8(10(15)16)12-13-14/h2-5H,1H3,(H,15,16). The maximum absolute atomic E-state index is 10.7. The molecule has 0 fully saturated rings. The van der Waals surface area contributed by atoms with Gasteiger partial charge in [0.05, 0.1) is 11.9 Å². The Kier molecular flexibility index (Phi) is 2.74. The molecular weight excluding hydrogens is 274 g/mol. The first-order valence-corrected chi connectivity index (χ1v) is 5.29. The van der Waals surface area contributed by atoms with Crippen LogP contribution in [0.25, 0.3) is 5.69 Å². The summed E-state index contributed by atoms with van der Waals surface area (Å²) in [7, 11) is 0. The molecular formula is C10H8BrN3O2. The Balaban J connectivity index is 2.46. The van der Waals surface area contributed by atoms with Crippen molar-refractivity contribution >= 4 is 21.9 Å². The molecule has 1 heterocycles. The monoisotopic (exact) mass is 281 g/mol. The molecule has 0 atom stereocenters. The normalized spacial score (nSPS) is 10.4. The number of carbonyl (C=O) groups is 1. The number of rotatable bonds is 2. The van der Waals surface area contributed by atoms with Gasteiger partial charge in [-0.15, -0.1) is 5.10 Å². The Morgan fingerprint density at radius 1 is 1.50 bits per heavy atom. The second-order valence-corrected chi connectivity index (χ2v) is 4.16. The van der Waals surface area contributed by atoms with Gasteiger partial charge in [-0.25, -0.2) is 9.48 Å². The fourth-order valence-electron chi connectivity index (χ4n) is 1.28. The van der Waals surface area contributed by atoms with Gasteiger partial charge in [0.2, 0.25) is 0 Å².